The zero-order valence-electron chi connectivity index (χ0n) is 18.5. The predicted molar refractivity (Wildman–Crippen MR) is 121 cm³/mol. The number of ether oxygens (including phenoxy) is 3. The third-order valence-corrected chi connectivity index (χ3v) is 4.21. The van der Waals surface area contributed by atoms with Gasteiger partial charge in [0, 0.05) is 6.54 Å². The highest BCUT2D eigenvalue weighted by Gasteiger charge is 2.16. The summed E-state index contributed by atoms with van der Waals surface area (Å²) in [6, 6.07) is 11.2. The fraction of sp³-hybridized carbons (Fsp3) is 0.292. The van der Waals surface area contributed by atoms with Crippen LogP contribution < -0.4 is 20.1 Å². The van der Waals surface area contributed by atoms with Crippen molar-refractivity contribution in [2.45, 2.75) is 13.8 Å². The standard InChI is InChI=1S/C24H28N2O6/c1-5-12-31-20-11-10-17(13-21(20)30-4)24(29)32-15-22(27)26-19-9-7-6-8-18(19)23(28)25-14-16(2)3/h5-11,13,16H,1,12,14-15H2,2-4H3,(H,25,28)(H,26,27). The van der Waals surface area contributed by atoms with Crippen LogP contribution in [0.15, 0.2) is 55.1 Å². The number of rotatable bonds is 11. The Balaban J connectivity index is 1.98. The van der Waals surface area contributed by atoms with Crippen molar-refractivity contribution in [3.8, 4) is 11.5 Å². The number of methoxy groups -OCH3 is 1. The van der Waals surface area contributed by atoms with Gasteiger partial charge in [-0.2, -0.15) is 0 Å². The molecule has 170 valence electrons. The Kier molecular flexibility index (Phi) is 9.28. The largest absolute Gasteiger partial charge is 0.493 e. The number of amides is 2. The van der Waals surface area contributed by atoms with E-state index in [1.807, 2.05) is 13.8 Å². The van der Waals surface area contributed by atoms with E-state index in [0.717, 1.165) is 0 Å². The molecule has 2 amide bonds. The van der Waals surface area contributed by atoms with Gasteiger partial charge in [-0.15, -0.1) is 0 Å². The molecule has 2 aromatic rings. The van der Waals surface area contributed by atoms with Crippen molar-refractivity contribution in [1.82, 2.24) is 5.32 Å². The van der Waals surface area contributed by atoms with Gasteiger partial charge in [-0.05, 0) is 36.2 Å². The van der Waals surface area contributed by atoms with Crippen molar-refractivity contribution in [2.24, 2.45) is 5.92 Å². The van der Waals surface area contributed by atoms with E-state index in [-0.39, 0.29) is 18.1 Å². The number of nitrogens with one attached hydrogen (secondary N) is 2. The van der Waals surface area contributed by atoms with Gasteiger partial charge >= 0.3 is 5.97 Å². The Morgan fingerprint density at radius 2 is 1.84 bits per heavy atom. The lowest BCUT2D eigenvalue weighted by molar-refractivity contribution is -0.119. The number of benzene rings is 2. The van der Waals surface area contributed by atoms with E-state index in [0.29, 0.717) is 35.2 Å². The van der Waals surface area contributed by atoms with Crippen LogP contribution in [0.25, 0.3) is 0 Å². The van der Waals surface area contributed by atoms with Gasteiger partial charge in [-0.1, -0.05) is 38.6 Å². The summed E-state index contributed by atoms with van der Waals surface area (Å²) < 4.78 is 15.8. The molecule has 8 nitrogen and oxygen atoms in total. The molecule has 0 unspecified atom stereocenters. The Morgan fingerprint density at radius 3 is 2.53 bits per heavy atom. The molecule has 8 heteroatoms. The highest BCUT2D eigenvalue weighted by atomic mass is 16.5. The number of para-hydroxylation sites is 1. The maximum absolute atomic E-state index is 12.4. The van der Waals surface area contributed by atoms with Gasteiger partial charge in [-0.3, -0.25) is 9.59 Å². The van der Waals surface area contributed by atoms with Crippen molar-refractivity contribution in [1.29, 1.82) is 0 Å². The molecule has 2 rings (SSSR count). The number of carbonyl (C=O) groups excluding carboxylic acids is 3. The van der Waals surface area contributed by atoms with E-state index in [9.17, 15) is 14.4 Å². The van der Waals surface area contributed by atoms with Crippen LogP contribution in [0.1, 0.15) is 34.6 Å². The topological polar surface area (TPSA) is 103 Å². The zero-order chi connectivity index (χ0) is 23.5. The lowest BCUT2D eigenvalue weighted by atomic mass is 10.1. The third-order valence-electron chi connectivity index (χ3n) is 4.21. The number of anilines is 1. The lowest BCUT2D eigenvalue weighted by Gasteiger charge is -2.13. The summed E-state index contributed by atoms with van der Waals surface area (Å²) in [7, 11) is 1.45. The molecule has 0 aliphatic rings. The molecule has 0 bridgehead atoms. The molecule has 2 aromatic carbocycles. The van der Waals surface area contributed by atoms with E-state index < -0.39 is 18.5 Å². The second kappa shape index (κ2) is 12.1. The molecule has 0 aromatic heterocycles. The minimum absolute atomic E-state index is 0.203. The maximum atomic E-state index is 12.4. The normalized spacial score (nSPS) is 10.2. The smallest absolute Gasteiger partial charge is 0.338 e. The number of hydrogen-bond acceptors (Lipinski definition) is 6. The molecule has 32 heavy (non-hydrogen) atoms. The van der Waals surface area contributed by atoms with Crippen LogP contribution in [0.2, 0.25) is 0 Å². The van der Waals surface area contributed by atoms with E-state index in [1.165, 1.54) is 19.2 Å². The molecule has 0 heterocycles. The number of esters is 1. The predicted octanol–water partition coefficient (Wildman–Crippen LogP) is 3.44. The molecule has 0 saturated heterocycles. The fourth-order valence-electron chi connectivity index (χ4n) is 2.65. The van der Waals surface area contributed by atoms with Gasteiger partial charge < -0.3 is 24.8 Å². The molecule has 0 radical (unpaired) electrons. The van der Waals surface area contributed by atoms with Crippen molar-refractivity contribution in [3.05, 3.63) is 66.2 Å². The summed E-state index contributed by atoms with van der Waals surface area (Å²) in [4.78, 5) is 37.0. The van der Waals surface area contributed by atoms with Crippen LogP contribution in [0.4, 0.5) is 5.69 Å². The fourth-order valence-corrected chi connectivity index (χ4v) is 2.65. The van der Waals surface area contributed by atoms with Crippen LogP contribution in [-0.4, -0.2) is 44.7 Å². The highest BCUT2D eigenvalue weighted by molar-refractivity contribution is 6.04. The SMILES string of the molecule is C=CCOc1ccc(C(=O)OCC(=O)Nc2ccccc2C(=O)NCC(C)C)cc1OC. The summed E-state index contributed by atoms with van der Waals surface area (Å²) >= 11 is 0. The van der Waals surface area contributed by atoms with E-state index in [4.69, 9.17) is 14.2 Å². The lowest BCUT2D eigenvalue weighted by Crippen LogP contribution is -2.29. The Hall–Kier alpha value is -3.81. The summed E-state index contributed by atoms with van der Waals surface area (Å²) in [6.07, 6.45) is 1.59. The molecule has 0 saturated carbocycles. The third kappa shape index (κ3) is 7.16. The van der Waals surface area contributed by atoms with Crippen LogP contribution >= 0.6 is 0 Å². The molecule has 0 aliphatic carbocycles. The summed E-state index contributed by atoms with van der Waals surface area (Å²) in [5.74, 6) is -0.461. The minimum Gasteiger partial charge on any atom is -0.493 e. The highest BCUT2D eigenvalue weighted by Crippen LogP contribution is 2.28. The van der Waals surface area contributed by atoms with Crippen molar-refractivity contribution in [3.63, 3.8) is 0 Å². The van der Waals surface area contributed by atoms with Crippen molar-refractivity contribution in [2.75, 3.05) is 32.2 Å². The van der Waals surface area contributed by atoms with Crippen LogP contribution in [0.3, 0.4) is 0 Å². The second-order valence-corrected chi connectivity index (χ2v) is 7.24. The Labute approximate surface area is 187 Å². The monoisotopic (exact) mass is 440 g/mol. The molecule has 2 N–H and O–H groups in total. The summed E-state index contributed by atoms with van der Waals surface area (Å²) in [5.41, 5.74) is 0.863. The summed E-state index contributed by atoms with van der Waals surface area (Å²) in [6.45, 7) is 7.84. The zero-order valence-corrected chi connectivity index (χ0v) is 18.5. The van der Waals surface area contributed by atoms with E-state index in [1.54, 1.807) is 36.4 Å². The first kappa shape index (κ1) is 24.5. The van der Waals surface area contributed by atoms with Gasteiger partial charge in [-0.25, -0.2) is 4.79 Å². The minimum atomic E-state index is -0.698. The maximum Gasteiger partial charge on any atom is 0.338 e. The first-order valence-electron chi connectivity index (χ1n) is 10.1. The van der Waals surface area contributed by atoms with Crippen LogP contribution in [0, 0.1) is 5.92 Å². The van der Waals surface area contributed by atoms with Crippen LogP contribution in [0.5, 0.6) is 11.5 Å². The van der Waals surface area contributed by atoms with Gasteiger partial charge in [0.2, 0.25) is 0 Å². The van der Waals surface area contributed by atoms with Crippen molar-refractivity contribution < 1.29 is 28.6 Å². The van der Waals surface area contributed by atoms with E-state index in [2.05, 4.69) is 17.2 Å². The first-order chi connectivity index (χ1) is 15.3. The molecule has 0 fully saturated rings. The number of hydrogen-bond donors (Lipinski definition) is 2. The summed E-state index contributed by atoms with van der Waals surface area (Å²) in [5, 5.41) is 5.42. The van der Waals surface area contributed by atoms with Crippen LogP contribution in [-0.2, 0) is 9.53 Å². The van der Waals surface area contributed by atoms with Gasteiger partial charge in [0.05, 0.1) is 23.9 Å². The Bertz CT molecular complexity index is 971. The van der Waals surface area contributed by atoms with E-state index >= 15 is 0 Å². The first-order valence-corrected chi connectivity index (χ1v) is 10.1. The number of carbonyl (C=O) groups is 3. The van der Waals surface area contributed by atoms with Crippen molar-refractivity contribution >= 4 is 23.5 Å². The molecule has 0 spiro atoms. The Morgan fingerprint density at radius 1 is 1.09 bits per heavy atom. The average molecular weight is 440 g/mol. The van der Waals surface area contributed by atoms with Gasteiger partial charge in [0.1, 0.15) is 6.61 Å². The molecular weight excluding hydrogens is 412 g/mol. The average Bonchev–Trinajstić information content (AvgIpc) is 2.79. The molecular formula is C24H28N2O6. The molecule has 0 atom stereocenters. The van der Waals surface area contributed by atoms with Gasteiger partial charge in [0.25, 0.3) is 11.8 Å². The second-order valence-electron chi connectivity index (χ2n) is 7.24. The quantitative estimate of drug-likeness (QED) is 0.410. The molecule has 0 aliphatic heterocycles. The van der Waals surface area contributed by atoms with Gasteiger partial charge in [0.15, 0.2) is 18.1 Å².